The molecule has 0 aliphatic carbocycles. The summed E-state index contributed by atoms with van der Waals surface area (Å²) in [5.74, 6) is 7.64. The van der Waals surface area contributed by atoms with Gasteiger partial charge in [-0.25, -0.2) is 15.8 Å². The van der Waals surface area contributed by atoms with Crippen LogP contribution in [0, 0.1) is 13.8 Å². The van der Waals surface area contributed by atoms with Crippen LogP contribution in [0.3, 0.4) is 0 Å². The number of nitrogen functional groups attached to an aromatic ring is 1. The predicted octanol–water partition coefficient (Wildman–Crippen LogP) is 0.730. The maximum Gasteiger partial charge on any atom is 0.148 e. The smallest absolute Gasteiger partial charge is 0.148 e. The summed E-state index contributed by atoms with van der Waals surface area (Å²) < 4.78 is 0. The Labute approximate surface area is 107 Å². The number of nitrogens with zero attached hydrogens (tertiary/aromatic N) is 3. The fourth-order valence-corrected chi connectivity index (χ4v) is 2.46. The molecular formula is C12H21N5O. The van der Waals surface area contributed by atoms with Crippen molar-refractivity contribution in [1.29, 1.82) is 0 Å². The molecule has 0 aromatic carbocycles. The molecule has 1 aliphatic heterocycles. The Bertz CT molecular complexity index is 446. The molecule has 0 bridgehead atoms. The first-order valence-electron chi connectivity index (χ1n) is 6.22. The highest BCUT2D eigenvalue weighted by Crippen LogP contribution is 2.28. The molecule has 6 nitrogen and oxygen atoms in total. The van der Waals surface area contributed by atoms with Crippen LogP contribution in [0.1, 0.15) is 31.2 Å². The average molecular weight is 251 g/mol. The molecule has 100 valence electrons. The van der Waals surface area contributed by atoms with Gasteiger partial charge in [0.2, 0.25) is 0 Å². The lowest BCUT2D eigenvalue weighted by molar-refractivity contribution is 0.0446. The van der Waals surface area contributed by atoms with Gasteiger partial charge < -0.3 is 15.4 Å². The first-order valence-corrected chi connectivity index (χ1v) is 6.22. The van der Waals surface area contributed by atoms with E-state index < -0.39 is 5.60 Å². The van der Waals surface area contributed by atoms with Crippen molar-refractivity contribution in [2.45, 2.75) is 39.2 Å². The number of rotatable bonds is 2. The molecule has 1 saturated heterocycles. The fraction of sp³-hybridized carbons (Fsp3) is 0.667. The van der Waals surface area contributed by atoms with Crippen molar-refractivity contribution >= 4 is 11.6 Å². The molecule has 1 atom stereocenters. The van der Waals surface area contributed by atoms with Crippen molar-refractivity contribution < 1.29 is 5.11 Å². The summed E-state index contributed by atoms with van der Waals surface area (Å²) in [7, 11) is 0. The SMILES string of the molecule is Cc1nc(NN)c(C)c(N2CCCC(C)(O)C2)n1. The Morgan fingerprint density at radius 2 is 2.11 bits per heavy atom. The summed E-state index contributed by atoms with van der Waals surface area (Å²) in [4.78, 5) is 10.8. The Kier molecular flexibility index (Phi) is 3.41. The quantitative estimate of drug-likeness (QED) is 0.530. The second-order valence-electron chi connectivity index (χ2n) is 5.23. The van der Waals surface area contributed by atoms with E-state index in [-0.39, 0.29) is 0 Å². The van der Waals surface area contributed by atoms with E-state index in [4.69, 9.17) is 5.84 Å². The molecule has 2 rings (SSSR count). The van der Waals surface area contributed by atoms with E-state index in [1.807, 2.05) is 20.8 Å². The van der Waals surface area contributed by atoms with E-state index in [2.05, 4.69) is 20.3 Å². The van der Waals surface area contributed by atoms with Crippen LogP contribution in [0.15, 0.2) is 0 Å². The van der Waals surface area contributed by atoms with Gasteiger partial charge in [-0.3, -0.25) is 0 Å². The van der Waals surface area contributed by atoms with Crippen LogP contribution in [0.5, 0.6) is 0 Å². The van der Waals surface area contributed by atoms with Crippen molar-refractivity contribution in [2.75, 3.05) is 23.4 Å². The Morgan fingerprint density at radius 3 is 2.72 bits per heavy atom. The standard InChI is InChI=1S/C12H21N5O/c1-8-10(16-13)14-9(2)15-11(8)17-6-4-5-12(3,18)7-17/h18H,4-7,13H2,1-3H3,(H,14,15,16). The Hall–Kier alpha value is -1.40. The van der Waals surface area contributed by atoms with Crippen LogP contribution in [0.4, 0.5) is 11.6 Å². The van der Waals surface area contributed by atoms with Crippen LogP contribution in [-0.4, -0.2) is 33.8 Å². The van der Waals surface area contributed by atoms with Gasteiger partial charge >= 0.3 is 0 Å². The molecule has 2 heterocycles. The Balaban J connectivity index is 2.35. The minimum Gasteiger partial charge on any atom is -0.388 e. The van der Waals surface area contributed by atoms with E-state index in [0.717, 1.165) is 30.8 Å². The van der Waals surface area contributed by atoms with Crippen molar-refractivity contribution in [3.8, 4) is 0 Å². The number of aliphatic hydroxyl groups is 1. The first-order chi connectivity index (χ1) is 8.43. The van der Waals surface area contributed by atoms with Crippen LogP contribution in [0.2, 0.25) is 0 Å². The lowest BCUT2D eigenvalue weighted by Crippen LogP contribution is -2.46. The zero-order valence-corrected chi connectivity index (χ0v) is 11.2. The van der Waals surface area contributed by atoms with E-state index in [1.165, 1.54) is 0 Å². The summed E-state index contributed by atoms with van der Waals surface area (Å²) >= 11 is 0. The van der Waals surface area contributed by atoms with Gasteiger partial charge in [-0.2, -0.15) is 0 Å². The van der Waals surface area contributed by atoms with Gasteiger partial charge in [0.25, 0.3) is 0 Å². The maximum atomic E-state index is 10.2. The van der Waals surface area contributed by atoms with Gasteiger partial charge in [0.05, 0.1) is 5.60 Å². The average Bonchev–Trinajstić information content (AvgIpc) is 2.30. The lowest BCUT2D eigenvalue weighted by Gasteiger charge is -2.38. The largest absolute Gasteiger partial charge is 0.388 e. The normalized spacial score (nSPS) is 24.2. The molecule has 1 aliphatic rings. The molecule has 6 heteroatoms. The number of aromatic nitrogens is 2. The van der Waals surface area contributed by atoms with E-state index >= 15 is 0 Å². The minimum atomic E-state index is -0.653. The van der Waals surface area contributed by atoms with Crippen LogP contribution in [-0.2, 0) is 0 Å². The zero-order valence-electron chi connectivity index (χ0n) is 11.2. The van der Waals surface area contributed by atoms with Crippen molar-refractivity contribution in [2.24, 2.45) is 5.84 Å². The van der Waals surface area contributed by atoms with Crippen LogP contribution in [0.25, 0.3) is 0 Å². The highest BCUT2D eigenvalue weighted by molar-refractivity contribution is 5.58. The van der Waals surface area contributed by atoms with Gasteiger partial charge in [-0.05, 0) is 33.6 Å². The highest BCUT2D eigenvalue weighted by atomic mass is 16.3. The summed E-state index contributed by atoms with van der Waals surface area (Å²) in [6.45, 7) is 7.13. The number of β-amino-alcohol motifs (C(OH)–C–C–N with tert-alkyl or cyclic N) is 1. The molecule has 0 radical (unpaired) electrons. The number of hydrogen-bond donors (Lipinski definition) is 3. The van der Waals surface area contributed by atoms with Crippen molar-refractivity contribution in [1.82, 2.24) is 9.97 Å². The summed E-state index contributed by atoms with van der Waals surface area (Å²) in [5.41, 5.74) is 2.86. The van der Waals surface area contributed by atoms with Gasteiger partial charge in [-0.1, -0.05) is 0 Å². The molecule has 4 N–H and O–H groups in total. The van der Waals surface area contributed by atoms with Gasteiger partial charge in [-0.15, -0.1) is 0 Å². The Morgan fingerprint density at radius 1 is 1.39 bits per heavy atom. The van der Waals surface area contributed by atoms with E-state index in [1.54, 1.807) is 0 Å². The molecule has 0 amide bonds. The monoisotopic (exact) mass is 251 g/mol. The molecule has 1 aromatic rings. The highest BCUT2D eigenvalue weighted by Gasteiger charge is 2.30. The topological polar surface area (TPSA) is 87.3 Å². The number of hydrogen-bond acceptors (Lipinski definition) is 6. The summed E-state index contributed by atoms with van der Waals surface area (Å²) in [5, 5.41) is 10.2. The lowest BCUT2D eigenvalue weighted by atomic mass is 9.95. The third-order valence-electron chi connectivity index (χ3n) is 3.34. The molecule has 0 spiro atoms. The molecule has 1 fully saturated rings. The minimum absolute atomic E-state index is 0.592. The number of piperidine rings is 1. The summed E-state index contributed by atoms with van der Waals surface area (Å²) in [6, 6.07) is 0. The molecule has 18 heavy (non-hydrogen) atoms. The van der Waals surface area contributed by atoms with Crippen LogP contribution >= 0.6 is 0 Å². The predicted molar refractivity (Wildman–Crippen MR) is 71.4 cm³/mol. The van der Waals surface area contributed by atoms with Gasteiger partial charge in [0, 0.05) is 18.7 Å². The fourth-order valence-electron chi connectivity index (χ4n) is 2.46. The second kappa shape index (κ2) is 4.70. The molecular weight excluding hydrogens is 230 g/mol. The number of aryl methyl sites for hydroxylation is 1. The number of nitrogens with two attached hydrogens (primary N) is 1. The zero-order chi connectivity index (χ0) is 13.3. The second-order valence-corrected chi connectivity index (χ2v) is 5.23. The third-order valence-corrected chi connectivity index (χ3v) is 3.34. The van der Waals surface area contributed by atoms with E-state index in [9.17, 15) is 5.11 Å². The molecule has 0 saturated carbocycles. The number of nitrogens with one attached hydrogen (secondary N) is 1. The van der Waals surface area contributed by atoms with Crippen LogP contribution < -0.4 is 16.2 Å². The van der Waals surface area contributed by atoms with Gasteiger partial charge in [0.15, 0.2) is 0 Å². The first kappa shape index (κ1) is 13.0. The van der Waals surface area contributed by atoms with Gasteiger partial charge in [0.1, 0.15) is 17.5 Å². The molecule has 1 unspecified atom stereocenters. The van der Waals surface area contributed by atoms with Crippen molar-refractivity contribution in [3.63, 3.8) is 0 Å². The maximum absolute atomic E-state index is 10.2. The number of anilines is 2. The van der Waals surface area contributed by atoms with Crippen molar-refractivity contribution in [3.05, 3.63) is 11.4 Å². The molecule has 1 aromatic heterocycles. The number of hydrazine groups is 1. The third kappa shape index (κ3) is 2.54. The van der Waals surface area contributed by atoms with E-state index in [0.29, 0.717) is 18.2 Å². The summed E-state index contributed by atoms with van der Waals surface area (Å²) in [6.07, 6.45) is 1.79.